The summed E-state index contributed by atoms with van der Waals surface area (Å²) >= 11 is 0. The fourth-order valence-electron chi connectivity index (χ4n) is 4.12. The zero-order chi connectivity index (χ0) is 21.9. The van der Waals surface area contributed by atoms with Gasteiger partial charge in [-0.2, -0.15) is 0 Å². The van der Waals surface area contributed by atoms with Crippen molar-refractivity contribution in [3.8, 4) is 11.5 Å². The molecule has 32 heavy (non-hydrogen) atoms. The molecule has 2 saturated heterocycles. The Balaban J connectivity index is 1.17. The Hall–Kier alpha value is -3.46. The summed E-state index contributed by atoms with van der Waals surface area (Å²) in [5, 5.41) is 2.88. The molecule has 0 bridgehead atoms. The number of benzene rings is 2. The van der Waals surface area contributed by atoms with Crippen LogP contribution in [-0.2, 0) is 9.53 Å². The molecule has 2 aromatic carbocycles. The van der Waals surface area contributed by atoms with Crippen LogP contribution >= 0.6 is 0 Å². The highest BCUT2D eigenvalue weighted by molar-refractivity contribution is 5.99. The van der Waals surface area contributed by atoms with Crippen LogP contribution in [-0.4, -0.2) is 76.0 Å². The molecular weight excluding hydrogens is 412 g/mol. The molecule has 0 aliphatic carbocycles. The summed E-state index contributed by atoms with van der Waals surface area (Å²) in [5.74, 6) is 1.10. The van der Waals surface area contributed by atoms with Crippen LogP contribution in [0.3, 0.4) is 0 Å². The monoisotopic (exact) mass is 438 g/mol. The van der Waals surface area contributed by atoms with E-state index < -0.39 is 0 Å². The van der Waals surface area contributed by atoms with Crippen molar-refractivity contribution in [2.75, 3.05) is 74.3 Å². The highest BCUT2D eigenvalue weighted by atomic mass is 16.6. The van der Waals surface area contributed by atoms with Crippen molar-refractivity contribution >= 4 is 29.0 Å². The Bertz CT molecular complexity index is 990. The summed E-state index contributed by atoms with van der Waals surface area (Å²) in [7, 11) is 0. The largest absolute Gasteiger partial charge is 0.486 e. The number of amides is 3. The second kappa shape index (κ2) is 8.96. The number of anilines is 3. The normalized spacial score (nSPS) is 18.1. The quantitative estimate of drug-likeness (QED) is 0.771. The maximum absolute atomic E-state index is 12.9. The third kappa shape index (κ3) is 4.29. The molecule has 2 fully saturated rings. The number of rotatable bonds is 5. The summed E-state index contributed by atoms with van der Waals surface area (Å²) < 4.78 is 16.5. The van der Waals surface area contributed by atoms with Crippen molar-refractivity contribution < 1.29 is 23.8 Å². The predicted molar refractivity (Wildman–Crippen MR) is 120 cm³/mol. The molecule has 0 unspecified atom stereocenters. The molecule has 0 spiro atoms. The topological polar surface area (TPSA) is 83.6 Å². The van der Waals surface area contributed by atoms with Crippen molar-refractivity contribution in [3.05, 3.63) is 42.5 Å². The first-order valence-electron chi connectivity index (χ1n) is 10.9. The molecule has 0 atom stereocenters. The Labute approximate surface area is 186 Å². The molecule has 1 N–H and O–H groups in total. The van der Waals surface area contributed by atoms with Crippen LogP contribution in [0.2, 0.25) is 0 Å². The lowest BCUT2D eigenvalue weighted by Gasteiger charge is -2.28. The van der Waals surface area contributed by atoms with E-state index in [0.717, 1.165) is 37.7 Å². The van der Waals surface area contributed by atoms with E-state index in [-0.39, 0.29) is 18.5 Å². The van der Waals surface area contributed by atoms with Crippen LogP contribution in [0.4, 0.5) is 21.9 Å². The first kappa shape index (κ1) is 20.4. The smallest absolute Gasteiger partial charge is 0.325 e. The van der Waals surface area contributed by atoms with E-state index in [1.165, 1.54) is 0 Å². The fourth-order valence-corrected chi connectivity index (χ4v) is 4.12. The Morgan fingerprint density at radius 2 is 1.56 bits per heavy atom. The highest BCUT2D eigenvalue weighted by Crippen LogP contribution is 2.35. The lowest BCUT2D eigenvalue weighted by molar-refractivity contribution is -0.116. The maximum Gasteiger partial charge on any atom is 0.325 e. The third-order valence-electron chi connectivity index (χ3n) is 5.79. The van der Waals surface area contributed by atoms with Crippen LogP contribution < -0.4 is 24.6 Å². The van der Waals surface area contributed by atoms with E-state index >= 15 is 0 Å². The van der Waals surface area contributed by atoms with Gasteiger partial charge in [0.2, 0.25) is 5.91 Å². The number of hydrogen-bond donors (Lipinski definition) is 1. The van der Waals surface area contributed by atoms with Crippen LogP contribution in [0.25, 0.3) is 0 Å². The van der Waals surface area contributed by atoms with Crippen LogP contribution in [0.15, 0.2) is 42.5 Å². The number of fused-ring (bicyclic) bond motifs is 1. The molecule has 3 heterocycles. The minimum absolute atomic E-state index is 0.00506. The molecular formula is C23H26N4O5. The molecule has 3 amide bonds. The fraction of sp³-hybridized carbons (Fsp3) is 0.391. The van der Waals surface area contributed by atoms with Gasteiger partial charge in [0.1, 0.15) is 19.8 Å². The van der Waals surface area contributed by atoms with Crippen molar-refractivity contribution in [1.82, 2.24) is 4.90 Å². The van der Waals surface area contributed by atoms with Gasteiger partial charge in [-0.3, -0.25) is 9.69 Å². The van der Waals surface area contributed by atoms with Gasteiger partial charge >= 0.3 is 6.03 Å². The molecule has 0 radical (unpaired) electrons. The summed E-state index contributed by atoms with van der Waals surface area (Å²) in [6.45, 7) is 5.20. The molecule has 0 saturated carbocycles. The van der Waals surface area contributed by atoms with Crippen LogP contribution in [0, 0.1) is 0 Å². The molecule has 2 aromatic rings. The zero-order valence-electron chi connectivity index (χ0n) is 17.8. The lowest BCUT2D eigenvalue weighted by atomic mass is 10.2. The van der Waals surface area contributed by atoms with E-state index in [1.54, 1.807) is 9.80 Å². The number of nitrogens with one attached hydrogen (secondary N) is 1. The number of urea groups is 1. The average Bonchev–Trinajstić information content (AvgIpc) is 3.19. The first-order chi connectivity index (χ1) is 15.7. The van der Waals surface area contributed by atoms with E-state index in [9.17, 15) is 9.59 Å². The lowest BCUT2D eigenvalue weighted by Crippen LogP contribution is -2.37. The van der Waals surface area contributed by atoms with Crippen molar-refractivity contribution in [3.63, 3.8) is 0 Å². The molecule has 0 aromatic heterocycles. The average molecular weight is 438 g/mol. The van der Waals surface area contributed by atoms with E-state index in [2.05, 4.69) is 10.2 Å². The van der Waals surface area contributed by atoms with Gasteiger partial charge in [-0.05, 0) is 36.4 Å². The molecule has 3 aliphatic heterocycles. The van der Waals surface area contributed by atoms with Gasteiger partial charge in [0, 0.05) is 49.3 Å². The number of morpholine rings is 1. The number of nitrogens with zero attached hydrogens (tertiary/aromatic N) is 3. The number of ether oxygens (including phenoxy) is 3. The van der Waals surface area contributed by atoms with Gasteiger partial charge in [-0.25, -0.2) is 4.79 Å². The predicted octanol–water partition coefficient (Wildman–Crippen LogP) is 2.18. The second-order valence-corrected chi connectivity index (χ2v) is 7.88. The number of carbonyl (C=O) groups excluding carboxylic acids is 2. The molecule has 5 rings (SSSR count). The van der Waals surface area contributed by atoms with Gasteiger partial charge in [-0.15, -0.1) is 0 Å². The SMILES string of the molecule is O=C(CN1CCN(c2ccc3c(c2)OCCO3)C1=O)Nc1ccc(N2CCOCC2)cc1. The van der Waals surface area contributed by atoms with Crippen molar-refractivity contribution in [2.45, 2.75) is 0 Å². The Kier molecular flexibility index (Phi) is 5.72. The van der Waals surface area contributed by atoms with E-state index in [4.69, 9.17) is 14.2 Å². The zero-order valence-corrected chi connectivity index (χ0v) is 17.8. The van der Waals surface area contributed by atoms with Crippen LogP contribution in [0.1, 0.15) is 0 Å². The number of carbonyl (C=O) groups is 2. The van der Waals surface area contributed by atoms with Gasteiger partial charge in [0.15, 0.2) is 11.5 Å². The minimum atomic E-state index is -0.221. The van der Waals surface area contributed by atoms with E-state index in [1.807, 2.05) is 42.5 Å². The van der Waals surface area contributed by atoms with Gasteiger partial charge in [0.05, 0.1) is 13.2 Å². The first-order valence-corrected chi connectivity index (χ1v) is 10.9. The van der Waals surface area contributed by atoms with Crippen molar-refractivity contribution in [1.29, 1.82) is 0 Å². The van der Waals surface area contributed by atoms with Crippen molar-refractivity contribution in [2.24, 2.45) is 0 Å². The Morgan fingerprint density at radius 3 is 2.34 bits per heavy atom. The summed E-state index contributed by atoms with van der Waals surface area (Å²) in [4.78, 5) is 30.9. The highest BCUT2D eigenvalue weighted by Gasteiger charge is 2.31. The summed E-state index contributed by atoms with van der Waals surface area (Å²) in [5.41, 5.74) is 2.55. The molecule has 9 nitrogen and oxygen atoms in total. The third-order valence-corrected chi connectivity index (χ3v) is 5.79. The maximum atomic E-state index is 12.9. The van der Waals surface area contributed by atoms with Gasteiger partial charge in [0.25, 0.3) is 0 Å². The molecule has 9 heteroatoms. The molecule has 3 aliphatic rings. The number of hydrogen-bond acceptors (Lipinski definition) is 6. The minimum Gasteiger partial charge on any atom is -0.486 e. The summed E-state index contributed by atoms with van der Waals surface area (Å²) in [6, 6.07) is 13.0. The van der Waals surface area contributed by atoms with Gasteiger partial charge < -0.3 is 29.3 Å². The molecule has 168 valence electrons. The Morgan fingerprint density at radius 1 is 0.844 bits per heavy atom. The second-order valence-electron chi connectivity index (χ2n) is 7.88. The van der Waals surface area contributed by atoms with Gasteiger partial charge in [-0.1, -0.05) is 0 Å². The standard InChI is InChI=1S/C23H26N4O5/c28-22(24-17-1-3-18(4-2-17)25-9-11-30-12-10-25)16-26-7-8-27(23(26)29)19-5-6-20-21(15-19)32-14-13-31-20/h1-6,15H,7-14,16H2,(H,24,28). The van der Waals surface area contributed by atoms with E-state index in [0.29, 0.717) is 43.5 Å². The summed E-state index contributed by atoms with van der Waals surface area (Å²) in [6.07, 6.45) is 0. The van der Waals surface area contributed by atoms with Crippen LogP contribution in [0.5, 0.6) is 11.5 Å².